The molecular weight excluding hydrogens is 374 g/mol. The molecule has 1 N–H and O–H groups in total. The van der Waals surface area contributed by atoms with Gasteiger partial charge in [0.05, 0.1) is 4.90 Å². The molecule has 0 saturated carbocycles. The first kappa shape index (κ1) is 20.1. The summed E-state index contributed by atoms with van der Waals surface area (Å²) in [4.78, 5) is 25.2. The number of aromatic nitrogens is 2. The first-order valence-electron chi connectivity index (χ1n) is 9.34. The molecule has 0 spiro atoms. The predicted octanol–water partition coefficient (Wildman–Crippen LogP) is 2.25. The molecule has 1 aromatic heterocycles. The van der Waals surface area contributed by atoms with Gasteiger partial charge >= 0.3 is 0 Å². The molecular formula is C20H25N5O2S. The van der Waals surface area contributed by atoms with Gasteiger partial charge in [0.15, 0.2) is 11.0 Å². The highest BCUT2D eigenvalue weighted by Gasteiger charge is 2.25. The maximum absolute atomic E-state index is 12.6. The van der Waals surface area contributed by atoms with E-state index in [0.717, 1.165) is 29.8 Å². The Morgan fingerprint density at radius 2 is 1.96 bits per heavy atom. The van der Waals surface area contributed by atoms with Crippen LogP contribution in [0.3, 0.4) is 0 Å². The average Bonchev–Trinajstić information content (AvgIpc) is 2.72. The minimum atomic E-state index is -1.42. The maximum Gasteiger partial charge on any atom is 0.219 e. The molecule has 1 saturated heterocycles. The zero-order chi connectivity index (χ0) is 19.9. The first-order valence-corrected chi connectivity index (χ1v) is 10.5. The van der Waals surface area contributed by atoms with E-state index in [1.165, 1.54) is 6.33 Å². The van der Waals surface area contributed by atoms with Crippen molar-refractivity contribution in [2.24, 2.45) is 11.0 Å². The van der Waals surface area contributed by atoms with Gasteiger partial charge in [0.1, 0.15) is 6.33 Å². The van der Waals surface area contributed by atoms with Crippen LogP contribution in [0.5, 0.6) is 0 Å². The number of hydrogen-bond acceptors (Lipinski definition) is 5. The fraction of sp³-hybridized carbons (Fsp3) is 0.400. The summed E-state index contributed by atoms with van der Waals surface area (Å²) in [6, 6.07) is 9.39. The van der Waals surface area contributed by atoms with Crippen molar-refractivity contribution in [2.75, 3.05) is 13.1 Å². The van der Waals surface area contributed by atoms with Crippen LogP contribution >= 0.6 is 0 Å². The first-order chi connectivity index (χ1) is 13.5. The van der Waals surface area contributed by atoms with E-state index < -0.39 is 11.0 Å². The van der Waals surface area contributed by atoms with Crippen LogP contribution in [0.2, 0.25) is 0 Å². The third-order valence-corrected chi connectivity index (χ3v) is 5.88. The number of hydrazone groups is 1. The molecule has 1 fully saturated rings. The van der Waals surface area contributed by atoms with Gasteiger partial charge in [-0.25, -0.2) is 19.0 Å². The van der Waals surface area contributed by atoms with E-state index in [1.54, 1.807) is 13.1 Å². The van der Waals surface area contributed by atoms with Crippen molar-refractivity contribution in [2.45, 2.75) is 38.0 Å². The summed E-state index contributed by atoms with van der Waals surface area (Å²) in [5.41, 5.74) is 2.89. The van der Waals surface area contributed by atoms with Gasteiger partial charge in [0.25, 0.3) is 0 Å². The molecule has 1 aliphatic rings. The van der Waals surface area contributed by atoms with Crippen LogP contribution in [0, 0.1) is 12.8 Å². The van der Waals surface area contributed by atoms with Gasteiger partial charge in [-0.15, -0.1) is 0 Å². The molecule has 1 unspecified atom stereocenters. The molecule has 1 atom stereocenters. The summed E-state index contributed by atoms with van der Waals surface area (Å²) >= 11 is 0. The Bertz CT molecular complexity index is 847. The fourth-order valence-electron chi connectivity index (χ4n) is 3.23. The third kappa shape index (κ3) is 5.45. The number of hydrogen-bond donors (Lipinski definition) is 1. The third-order valence-electron chi connectivity index (χ3n) is 4.92. The minimum Gasteiger partial charge on any atom is -0.343 e. The number of carbonyl (C=O) groups excluding carboxylic acids is 1. The highest BCUT2D eigenvalue weighted by atomic mass is 32.2. The SMILES string of the molecule is CC(=O)N1CCC(/C(Cc2ccncn2)=N/NS(=O)c2ccc(C)cc2)CC1. The molecule has 3 rings (SSSR count). The largest absolute Gasteiger partial charge is 0.343 e. The quantitative estimate of drug-likeness (QED) is 0.596. The summed E-state index contributed by atoms with van der Waals surface area (Å²) in [6.45, 7) is 5.02. The number of rotatable bonds is 6. The molecule has 1 amide bonds. The zero-order valence-electron chi connectivity index (χ0n) is 16.2. The molecule has 7 nitrogen and oxygen atoms in total. The lowest BCUT2D eigenvalue weighted by Crippen LogP contribution is -2.39. The van der Waals surface area contributed by atoms with Gasteiger partial charge in [0, 0.05) is 50.0 Å². The molecule has 0 aliphatic carbocycles. The summed E-state index contributed by atoms with van der Waals surface area (Å²) in [5.74, 6) is 0.319. The Morgan fingerprint density at radius 1 is 1.25 bits per heavy atom. The number of carbonyl (C=O) groups is 1. The van der Waals surface area contributed by atoms with Gasteiger partial charge < -0.3 is 4.90 Å². The van der Waals surface area contributed by atoms with Gasteiger partial charge in [-0.1, -0.05) is 17.7 Å². The lowest BCUT2D eigenvalue weighted by Gasteiger charge is -2.31. The Morgan fingerprint density at radius 3 is 2.57 bits per heavy atom. The number of nitrogens with one attached hydrogen (secondary N) is 1. The van der Waals surface area contributed by atoms with Crippen LogP contribution in [0.15, 0.2) is 52.9 Å². The topological polar surface area (TPSA) is 87.6 Å². The average molecular weight is 400 g/mol. The Labute approximate surface area is 167 Å². The molecule has 8 heteroatoms. The molecule has 1 aromatic carbocycles. The van der Waals surface area contributed by atoms with E-state index in [4.69, 9.17) is 0 Å². The zero-order valence-corrected chi connectivity index (χ0v) is 17.0. The van der Waals surface area contributed by atoms with Crippen molar-refractivity contribution in [1.29, 1.82) is 0 Å². The van der Waals surface area contributed by atoms with Crippen LogP contribution in [-0.2, 0) is 22.2 Å². The van der Waals surface area contributed by atoms with Crippen LogP contribution < -0.4 is 4.83 Å². The minimum absolute atomic E-state index is 0.103. The maximum atomic E-state index is 12.6. The van der Waals surface area contributed by atoms with E-state index in [2.05, 4.69) is 19.9 Å². The van der Waals surface area contributed by atoms with Crippen molar-refractivity contribution < 1.29 is 9.00 Å². The molecule has 0 bridgehead atoms. The lowest BCUT2D eigenvalue weighted by molar-refractivity contribution is -0.129. The van der Waals surface area contributed by atoms with E-state index in [0.29, 0.717) is 24.4 Å². The van der Waals surface area contributed by atoms with E-state index in [9.17, 15) is 9.00 Å². The second kappa shape index (κ2) is 9.54. The molecule has 2 aromatic rings. The fourth-order valence-corrected chi connectivity index (χ4v) is 3.91. The number of nitrogens with zero attached hydrogens (tertiary/aromatic N) is 4. The van der Waals surface area contributed by atoms with E-state index in [-0.39, 0.29) is 11.8 Å². The molecule has 2 heterocycles. The monoisotopic (exact) mass is 399 g/mol. The second-order valence-electron chi connectivity index (χ2n) is 6.93. The van der Waals surface area contributed by atoms with E-state index >= 15 is 0 Å². The smallest absolute Gasteiger partial charge is 0.219 e. The highest BCUT2D eigenvalue weighted by Crippen LogP contribution is 2.21. The standard InChI is InChI=1S/C20H25N5O2S/c1-15-3-5-19(6-4-15)28(27)24-23-20(13-18-7-10-21-14-22-18)17-8-11-25(12-9-17)16(2)26/h3-7,10,14,17,24H,8-9,11-13H2,1-2H3/b23-20+. The van der Waals surface area contributed by atoms with Crippen LogP contribution in [0.1, 0.15) is 31.0 Å². The highest BCUT2D eigenvalue weighted by molar-refractivity contribution is 7.83. The number of benzene rings is 1. The molecule has 28 heavy (non-hydrogen) atoms. The summed E-state index contributed by atoms with van der Waals surface area (Å²) in [6.07, 6.45) is 5.45. The second-order valence-corrected chi connectivity index (χ2v) is 8.13. The lowest BCUT2D eigenvalue weighted by atomic mass is 9.89. The molecule has 148 valence electrons. The summed E-state index contributed by atoms with van der Waals surface area (Å²) < 4.78 is 12.6. The number of aryl methyl sites for hydroxylation is 1. The van der Waals surface area contributed by atoms with Crippen LogP contribution in [0.4, 0.5) is 0 Å². The Kier molecular flexibility index (Phi) is 6.86. The molecule has 1 aliphatic heterocycles. The van der Waals surface area contributed by atoms with Crippen molar-refractivity contribution >= 4 is 22.6 Å². The summed E-state index contributed by atoms with van der Waals surface area (Å²) in [5, 5.41) is 4.51. The summed E-state index contributed by atoms with van der Waals surface area (Å²) in [7, 11) is -1.42. The number of piperidine rings is 1. The van der Waals surface area contributed by atoms with Crippen molar-refractivity contribution in [1.82, 2.24) is 19.7 Å². The normalized spacial score (nSPS) is 16.6. The van der Waals surface area contributed by atoms with Gasteiger partial charge in [0.2, 0.25) is 5.91 Å². The number of amides is 1. The van der Waals surface area contributed by atoms with Crippen LogP contribution in [-0.4, -0.2) is 43.8 Å². The Balaban J connectivity index is 1.73. The van der Waals surface area contributed by atoms with Gasteiger partial charge in [-0.2, -0.15) is 5.10 Å². The molecule has 0 radical (unpaired) electrons. The van der Waals surface area contributed by atoms with Crippen molar-refractivity contribution in [3.05, 3.63) is 54.1 Å². The van der Waals surface area contributed by atoms with Crippen molar-refractivity contribution in [3.8, 4) is 0 Å². The van der Waals surface area contributed by atoms with E-state index in [1.807, 2.05) is 42.2 Å². The van der Waals surface area contributed by atoms with Crippen molar-refractivity contribution in [3.63, 3.8) is 0 Å². The Hall–Kier alpha value is -2.61. The number of likely N-dealkylation sites (tertiary alicyclic amines) is 1. The van der Waals surface area contributed by atoms with Gasteiger partial charge in [-0.05, 0) is 38.0 Å². The van der Waals surface area contributed by atoms with Gasteiger partial charge in [-0.3, -0.25) is 4.79 Å². The van der Waals surface area contributed by atoms with Crippen LogP contribution in [0.25, 0.3) is 0 Å². The predicted molar refractivity (Wildman–Crippen MR) is 109 cm³/mol.